The molecule has 1 heterocycles. The van der Waals surface area contributed by atoms with Crippen molar-refractivity contribution in [3.63, 3.8) is 0 Å². The van der Waals surface area contributed by atoms with E-state index < -0.39 is 17.3 Å². The Kier molecular flexibility index (Phi) is 5.13. The third-order valence-electron chi connectivity index (χ3n) is 3.94. The van der Waals surface area contributed by atoms with Gasteiger partial charge in [-0.25, -0.2) is 4.39 Å². The van der Waals surface area contributed by atoms with Crippen LogP contribution < -0.4 is 5.32 Å². The minimum atomic E-state index is -1.88. The molecule has 1 aliphatic rings. The number of carbonyl (C=O) groups excluding carboxylic acids is 2. The number of amides is 2. The van der Waals surface area contributed by atoms with Crippen molar-refractivity contribution in [2.24, 2.45) is 0 Å². The zero-order chi connectivity index (χ0) is 16.2. The number of hydrogen-bond donors (Lipinski definition) is 2. The summed E-state index contributed by atoms with van der Waals surface area (Å²) in [5, 5.41) is 12.7. The Balaban J connectivity index is 1.94. The van der Waals surface area contributed by atoms with E-state index in [0.717, 1.165) is 25.3 Å². The number of rotatable bonds is 4. The lowest BCUT2D eigenvalue weighted by Gasteiger charge is -2.28. The summed E-state index contributed by atoms with van der Waals surface area (Å²) in [5.74, 6) is -1.42. The Bertz CT molecular complexity index is 554. The van der Waals surface area contributed by atoms with E-state index in [1.807, 2.05) is 0 Å². The van der Waals surface area contributed by atoms with Gasteiger partial charge in [0.2, 0.25) is 5.91 Å². The Labute approximate surface area is 129 Å². The van der Waals surface area contributed by atoms with Crippen LogP contribution in [0.5, 0.6) is 0 Å². The first-order valence-corrected chi connectivity index (χ1v) is 7.46. The summed E-state index contributed by atoms with van der Waals surface area (Å²) in [4.78, 5) is 25.8. The predicted molar refractivity (Wildman–Crippen MR) is 79.4 cm³/mol. The number of aliphatic hydroxyl groups is 1. The summed E-state index contributed by atoms with van der Waals surface area (Å²) in [6.45, 7) is 2.52. The van der Waals surface area contributed by atoms with Crippen LogP contribution in [0.2, 0.25) is 0 Å². The summed E-state index contributed by atoms with van der Waals surface area (Å²) in [6.07, 6.45) is 3.06. The lowest BCUT2D eigenvalue weighted by atomic mass is 9.95. The van der Waals surface area contributed by atoms with Gasteiger partial charge in [0, 0.05) is 13.1 Å². The number of hydrogen-bond acceptors (Lipinski definition) is 3. The van der Waals surface area contributed by atoms with Crippen molar-refractivity contribution in [2.75, 3.05) is 19.6 Å². The Morgan fingerprint density at radius 1 is 1.32 bits per heavy atom. The van der Waals surface area contributed by atoms with Crippen molar-refractivity contribution in [3.05, 3.63) is 35.6 Å². The Morgan fingerprint density at radius 2 is 2.00 bits per heavy atom. The van der Waals surface area contributed by atoms with Gasteiger partial charge in [0.15, 0.2) is 5.60 Å². The van der Waals surface area contributed by atoms with Crippen LogP contribution in [-0.4, -0.2) is 41.5 Å². The zero-order valence-corrected chi connectivity index (χ0v) is 12.6. The summed E-state index contributed by atoms with van der Waals surface area (Å²) >= 11 is 0. The second-order valence-corrected chi connectivity index (χ2v) is 5.71. The first-order chi connectivity index (χ1) is 10.4. The molecular weight excluding hydrogens is 287 g/mol. The monoisotopic (exact) mass is 308 g/mol. The molecule has 1 aromatic carbocycles. The topological polar surface area (TPSA) is 69.6 Å². The quantitative estimate of drug-likeness (QED) is 0.877. The third kappa shape index (κ3) is 3.82. The lowest BCUT2D eigenvalue weighted by Crippen LogP contribution is -2.48. The maximum atomic E-state index is 13.2. The van der Waals surface area contributed by atoms with Crippen LogP contribution in [-0.2, 0) is 15.2 Å². The SMILES string of the molecule is CC(O)(C(=O)NCC(=O)N1CCCCC1)c1cccc(F)c1. The fourth-order valence-electron chi connectivity index (χ4n) is 2.51. The highest BCUT2D eigenvalue weighted by Crippen LogP contribution is 2.21. The maximum absolute atomic E-state index is 13.2. The van der Waals surface area contributed by atoms with E-state index >= 15 is 0 Å². The minimum absolute atomic E-state index is 0.149. The van der Waals surface area contributed by atoms with Gasteiger partial charge in [-0.2, -0.15) is 0 Å². The van der Waals surface area contributed by atoms with Gasteiger partial charge in [-0.05, 0) is 43.9 Å². The average Bonchev–Trinajstić information content (AvgIpc) is 2.53. The van der Waals surface area contributed by atoms with Crippen molar-refractivity contribution in [1.82, 2.24) is 10.2 Å². The van der Waals surface area contributed by atoms with Crippen molar-refractivity contribution in [3.8, 4) is 0 Å². The normalized spacial score (nSPS) is 17.7. The molecule has 1 fully saturated rings. The molecule has 6 heteroatoms. The highest BCUT2D eigenvalue weighted by atomic mass is 19.1. The number of carbonyl (C=O) groups is 2. The number of nitrogens with one attached hydrogen (secondary N) is 1. The zero-order valence-electron chi connectivity index (χ0n) is 12.6. The molecule has 1 aliphatic heterocycles. The summed E-state index contributed by atoms with van der Waals surface area (Å²) in [5.41, 5.74) is -1.74. The van der Waals surface area contributed by atoms with E-state index in [9.17, 15) is 19.1 Å². The Hall–Kier alpha value is -1.95. The Morgan fingerprint density at radius 3 is 2.64 bits per heavy atom. The van der Waals surface area contributed by atoms with Crippen LogP contribution in [0.15, 0.2) is 24.3 Å². The highest BCUT2D eigenvalue weighted by Gasteiger charge is 2.33. The predicted octanol–water partition coefficient (Wildman–Crippen LogP) is 1.16. The van der Waals surface area contributed by atoms with E-state index in [1.54, 1.807) is 4.90 Å². The molecule has 0 radical (unpaired) electrons. The maximum Gasteiger partial charge on any atom is 0.256 e. The van der Waals surface area contributed by atoms with Crippen LogP contribution in [0.25, 0.3) is 0 Å². The van der Waals surface area contributed by atoms with Gasteiger partial charge in [-0.1, -0.05) is 12.1 Å². The summed E-state index contributed by atoms with van der Waals surface area (Å²) in [7, 11) is 0. The van der Waals surface area contributed by atoms with Crippen LogP contribution in [0, 0.1) is 5.82 Å². The lowest BCUT2D eigenvalue weighted by molar-refractivity contribution is -0.142. The molecule has 0 aromatic heterocycles. The van der Waals surface area contributed by atoms with Gasteiger partial charge in [0.05, 0.1) is 6.54 Å². The fourth-order valence-corrected chi connectivity index (χ4v) is 2.51. The largest absolute Gasteiger partial charge is 0.376 e. The van der Waals surface area contributed by atoms with Gasteiger partial charge in [-0.15, -0.1) is 0 Å². The second-order valence-electron chi connectivity index (χ2n) is 5.71. The smallest absolute Gasteiger partial charge is 0.256 e. The first-order valence-electron chi connectivity index (χ1n) is 7.46. The molecule has 2 N–H and O–H groups in total. The van der Waals surface area contributed by atoms with Crippen LogP contribution in [0.4, 0.5) is 4.39 Å². The summed E-state index contributed by atoms with van der Waals surface area (Å²) in [6, 6.07) is 5.23. The average molecular weight is 308 g/mol. The first kappa shape index (κ1) is 16.4. The summed E-state index contributed by atoms with van der Waals surface area (Å²) < 4.78 is 13.2. The van der Waals surface area contributed by atoms with E-state index in [-0.39, 0.29) is 18.0 Å². The van der Waals surface area contributed by atoms with E-state index in [4.69, 9.17) is 0 Å². The molecule has 5 nitrogen and oxygen atoms in total. The molecule has 0 saturated carbocycles. The molecule has 0 spiro atoms. The molecule has 2 amide bonds. The van der Waals surface area contributed by atoms with Crippen molar-refractivity contribution >= 4 is 11.8 Å². The number of benzene rings is 1. The molecule has 0 bridgehead atoms. The van der Waals surface area contributed by atoms with E-state index in [0.29, 0.717) is 13.1 Å². The molecule has 1 unspecified atom stereocenters. The van der Waals surface area contributed by atoms with E-state index in [2.05, 4.69) is 5.32 Å². The van der Waals surface area contributed by atoms with Crippen molar-refractivity contribution in [2.45, 2.75) is 31.8 Å². The van der Waals surface area contributed by atoms with Gasteiger partial charge >= 0.3 is 0 Å². The number of likely N-dealkylation sites (tertiary alicyclic amines) is 1. The van der Waals surface area contributed by atoms with Gasteiger partial charge in [-0.3, -0.25) is 9.59 Å². The second kappa shape index (κ2) is 6.87. The van der Waals surface area contributed by atoms with Crippen LogP contribution in [0.3, 0.4) is 0 Å². The highest BCUT2D eigenvalue weighted by molar-refractivity contribution is 5.89. The molecule has 0 aliphatic carbocycles. The minimum Gasteiger partial charge on any atom is -0.376 e. The molecule has 2 rings (SSSR count). The van der Waals surface area contributed by atoms with Crippen LogP contribution >= 0.6 is 0 Å². The van der Waals surface area contributed by atoms with Crippen LogP contribution in [0.1, 0.15) is 31.7 Å². The van der Waals surface area contributed by atoms with Gasteiger partial charge in [0.1, 0.15) is 5.82 Å². The molecular formula is C16H21FN2O3. The van der Waals surface area contributed by atoms with E-state index in [1.165, 1.54) is 25.1 Å². The molecule has 1 aromatic rings. The molecule has 1 saturated heterocycles. The molecule has 22 heavy (non-hydrogen) atoms. The fraction of sp³-hybridized carbons (Fsp3) is 0.500. The number of halogens is 1. The van der Waals surface area contributed by atoms with Gasteiger partial charge in [0.25, 0.3) is 5.91 Å². The molecule has 120 valence electrons. The number of nitrogens with zero attached hydrogens (tertiary/aromatic N) is 1. The third-order valence-corrected chi connectivity index (χ3v) is 3.94. The van der Waals surface area contributed by atoms with Crippen molar-refractivity contribution < 1.29 is 19.1 Å². The molecule has 1 atom stereocenters. The van der Waals surface area contributed by atoms with Crippen molar-refractivity contribution in [1.29, 1.82) is 0 Å². The standard InChI is InChI=1S/C16H21FN2O3/c1-16(22,12-6-5-7-13(17)10-12)15(21)18-11-14(20)19-8-3-2-4-9-19/h5-7,10,22H,2-4,8-9,11H2,1H3,(H,18,21). The van der Waals surface area contributed by atoms with Gasteiger partial charge < -0.3 is 15.3 Å². The number of piperidine rings is 1.